The molecule has 2 aliphatic rings. The van der Waals surface area contributed by atoms with Crippen molar-refractivity contribution in [2.24, 2.45) is 11.8 Å². The van der Waals surface area contributed by atoms with Crippen LogP contribution in [0.15, 0.2) is 78.9 Å². The van der Waals surface area contributed by atoms with E-state index >= 15 is 0 Å². The van der Waals surface area contributed by atoms with E-state index in [9.17, 15) is 9.59 Å². The summed E-state index contributed by atoms with van der Waals surface area (Å²) in [5.41, 5.74) is 0.610. The molecule has 0 heterocycles. The Kier molecular flexibility index (Phi) is 4.31. The van der Waals surface area contributed by atoms with E-state index < -0.39 is 11.3 Å². The second-order valence-electron chi connectivity index (χ2n) is 7.41. The van der Waals surface area contributed by atoms with E-state index in [1.54, 1.807) is 0 Å². The monoisotopic (exact) mass is 358 g/mol. The van der Waals surface area contributed by atoms with Gasteiger partial charge in [-0.25, -0.2) is 0 Å². The van der Waals surface area contributed by atoms with Crippen LogP contribution < -0.4 is 0 Å². The maximum Gasteiger partial charge on any atom is 0.317 e. The molecule has 0 spiro atoms. The van der Waals surface area contributed by atoms with Crippen LogP contribution in [0.25, 0.3) is 10.8 Å². The van der Waals surface area contributed by atoms with Crippen molar-refractivity contribution in [3.63, 3.8) is 0 Å². The fourth-order valence-corrected chi connectivity index (χ4v) is 4.50. The first-order valence-electron chi connectivity index (χ1n) is 9.19. The Hall–Kier alpha value is -2.94. The normalized spacial score (nSPS) is 27.3. The van der Waals surface area contributed by atoms with Gasteiger partial charge in [0.15, 0.2) is 0 Å². The molecule has 0 saturated heterocycles. The van der Waals surface area contributed by atoms with E-state index in [1.165, 1.54) is 7.11 Å². The summed E-state index contributed by atoms with van der Waals surface area (Å²) in [5.74, 6) is -1.16. The average molecular weight is 358 g/mol. The van der Waals surface area contributed by atoms with Crippen molar-refractivity contribution in [1.82, 2.24) is 0 Å². The van der Waals surface area contributed by atoms with Gasteiger partial charge < -0.3 is 4.74 Å². The molecule has 0 unspecified atom stereocenters. The highest BCUT2D eigenvalue weighted by Gasteiger charge is 2.53. The van der Waals surface area contributed by atoms with E-state index in [0.717, 1.165) is 21.9 Å². The third kappa shape index (κ3) is 2.74. The summed E-state index contributed by atoms with van der Waals surface area (Å²) in [6.07, 6.45) is 8.50. The van der Waals surface area contributed by atoms with Gasteiger partial charge in [-0.3, -0.25) is 9.59 Å². The van der Waals surface area contributed by atoms with E-state index in [-0.39, 0.29) is 17.7 Å². The topological polar surface area (TPSA) is 43.4 Å². The number of fused-ring (bicyclic) bond motifs is 3. The van der Waals surface area contributed by atoms with Crippen LogP contribution in [-0.2, 0) is 19.7 Å². The number of ketones is 1. The molecule has 27 heavy (non-hydrogen) atoms. The molecule has 3 nitrogen and oxygen atoms in total. The van der Waals surface area contributed by atoms with Gasteiger partial charge in [0.25, 0.3) is 0 Å². The molecule has 1 fully saturated rings. The van der Waals surface area contributed by atoms with Gasteiger partial charge in [0.2, 0.25) is 0 Å². The second-order valence-corrected chi connectivity index (χ2v) is 7.41. The highest BCUT2D eigenvalue weighted by atomic mass is 16.5. The highest BCUT2D eigenvalue weighted by molar-refractivity contribution is 5.98. The Morgan fingerprint density at radius 3 is 2.63 bits per heavy atom. The number of carbonyl (C=O) groups excluding carboxylic acids is 2. The van der Waals surface area contributed by atoms with Crippen molar-refractivity contribution in [3.05, 3.63) is 84.5 Å². The lowest BCUT2D eigenvalue weighted by molar-refractivity contribution is -0.151. The SMILES string of the molecule is C=C1C[C@@H]2C=CC=C[C@@H](C2=O)[C@@](C(=O)OC)(c2ccc3ccccc3c2)C1. The summed E-state index contributed by atoms with van der Waals surface area (Å²) in [6, 6.07) is 14.0. The third-order valence-electron chi connectivity index (χ3n) is 5.81. The Labute approximate surface area is 159 Å². The lowest BCUT2D eigenvalue weighted by atomic mass is 9.65. The fraction of sp³-hybridized carbons (Fsp3) is 0.250. The van der Waals surface area contributed by atoms with Gasteiger partial charge in [-0.05, 0) is 35.2 Å². The highest BCUT2D eigenvalue weighted by Crippen LogP contribution is 2.47. The summed E-state index contributed by atoms with van der Waals surface area (Å²) in [4.78, 5) is 26.5. The van der Waals surface area contributed by atoms with E-state index in [4.69, 9.17) is 4.74 Å². The molecule has 1 saturated carbocycles. The van der Waals surface area contributed by atoms with Crippen LogP contribution in [0.5, 0.6) is 0 Å². The minimum absolute atomic E-state index is 0.0530. The van der Waals surface area contributed by atoms with Gasteiger partial charge in [0.1, 0.15) is 11.2 Å². The molecule has 0 amide bonds. The number of esters is 1. The molecule has 2 bridgehead atoms. The van der Waals surface area contributed by atoms with Gasteiger partial charge in [-0.2, -0.15) is 0 Å². The van der Waals surface area contributed by atoms with Gasteiger partial charge in [-0.15, -0.1) is 0 Å². The number of hydrogen-bond donors (Lipinski definition) is 0. The first-order valence-corrected chi connectivity index (χ1v) is 9.19. The first kappa shape index (κ1) is 17.5. The largest absolute Gasteiger partial charge is 0.468 e. The lowest BCUT2D eigenvalue weighted by Gasteiger charge is -2.36. The summed E-state index contributed by atoms with van der Waals surface area (Å²) in [7, 11) is 1.39. The van der Waals surface area contributed by atoms with Crippen molar-refractivity contribution in [2.75, 3.05) is 7.11 Å². The van der Waals surface area contributed by atoms with Gasteiger partial charge >= 0.3 is 5.97 Å². The molecule has 2 aromatic rings. The van der Waals surface area contributed by atoms with E-state index in [1.807, 2.05) is 66.8 Å². The second kappa shape index (κ2) is 6.66. The van der Waals surface area contributed by atoms with Crippen LogP contribution in [0.3, 0.4) is 0 Å². The number of methoxy groups -OCH3 is 1. The zero-order chi connectivity index (χ0) is 19.0. The van der Waals surface area contributed by atoms with Crippen LogP contribution in [0.2, 0.25) is 0 Å². The molecule has 2 aliphatic carbocycles. The number of hydrogen-bond acceptors (Lipinski definition) is 3. The van der Waals surface area contributed by atoms with Crippen LogP contribution in [0.4, 0.5) is 0 Å². The zero-order valence-electron chi connectivity index (χ0n) is 15.4. The Balaban J connectivity index is 1.99. The van der Waals surface area contributed by atoms with E-state index in [2.05, 4.69) is 6.58 Å². The van der Waals surface area contributed by atoms with Gasteiger partial charge in [0, 0.05) is 5.92 Å². The molecular formula is C24H22O3. The minimum Gasteiger partial charge on any atom is -0.468 e. The molecule has 4 rings (SSSR count). The quantitative estimate of drug-likeness (QED) is 0.585. The zero-order valence-corrected chi connectivity index (χ0v) is 15.4. The van der Waals surface area contributed by atoms with Crippen LogP contribution in [0, 0.1) is 11.8 Å². The predicted molar refractivity (Wildman–Crippen MR) is 106 cm³/mol. The maximum absolute atomic E-state index is 13.3. The molecule has 0 aromatic heterocycles. The molecule has 0 aliphatic heterocycles. The Morgan fingerprint density at radius 1 is 1.11 bits per heavy atom. The number of rotatable bonds is 2. The summed E-state index contributed by atoms with van der Waals surface area (Å²) < 4.78 is 5.26. The predicted octanol–water partition coefficient (Wildman–Crippen LogP) is 4.53. The van der Waals surface area contributed by atoms with Crippen molar-refractivity contribution in [3.8, 4) is 0 Å². The van der Waals surface area contributed by atoms with Crippen molar-refractivity contribution in [1.29, 1.82) is 0 Å². The molecule has 3 atom stereocenters. The van der Waals surface area contributed by atoms with Gasteiger partial charge in [-0.1, -0.05) is 72.9 Å². The molecule has 0 radical (unpaired) electrons. The summed E-state index contributed by atoms with van der Waals surface area (Å²) >= 11 is 0. The summed E-state index contributed by atoms with van der Waals surface area (Å²) in [5, 5.41) is 2.13. The molecule has 2 aromatic carbocycles. The number of carbonyl (C=O) groups is 2. The average Bonchev–Trinajstić information content (AvgIpc) is 2.93. The molecule has 0 N–H and O–H groups in total. The minimum atomic E-state index is -1.09. The first-order chi connectivity index (χ1) is 13.1. The standard InChI is InChI=1S/C24H22O3/c1-16-13-19-9-5-6-10-21(22(19)25)24(15-16,23(26)27-2)20-12-11-17-7-3-4-8-18(17)14-20/h3-12,14,19,21H,1,13,15H2,2H3/t19-,21-,24-/m0/s1. The Bertz CT molecular complexity index is 998. The number of allylic oxidation sites excluding steroid dienone is 5. The van der Waals surface area contributed by atoms with Crippen molar-refractivity contribution in [2.45, 2.75) is 18.3 Å². The van der Waals surface area contributed by atoms with E-state index in [0.29, 0.717) is 12.8 Å². The Morgan fingerprint density at radius 2 is 1.85 bits per heavy atom. The molecule has 136 valence electrons. The fourth-order valence-electron chi connectivity index (χ4n) is 4.50. The number of Topliss-reactive ketones (excluding diaryl/α,β-unsaturated/α-hetero) is 1. The van der Waals surface area contributed by atoms with Crippen LogP contribution in [0.1, 0.15) is 18.4 Å². The lowest BCUT2D eigenvalue weighted by Crippen LogP contribution is -2.46. The third-order valence-corrected chi connectivity index (χ3v) is 5.81. The van der Waals surface area contributed by atoms with Gasteiger partial charge in [0.05, 0.1) is 13.0 Å². The molecular weight excluding hydrogens is 336 g/mol. The summed E-state index contributed by atoms with van der Waals surface area (Å²) in [6.45, 7) is 4.18. The number of benzene rings is 2. The smallest absolute Gasteiger partial charge is 0.317 e. The maximum atomic E-state index is 13.3. The van der Waals surface area contributed by atoms with Crippen LogP contribution in [-0.4, -0.2) is 18.9 Å². The van der Waals surface area contributed by atoms with Crippen LogP contribution >= 0.6 is 0 Å². The molecule has 3 heteroatoms. The van der Waals surface area contributed by atoms with Crippen molar-refractivity contribution < 1.29 is 14.3 Å². The number of ether oxygens (including phenoxy) is 1. The van der Waals surface area contributed by atoms with Crippen molar-refractivity contribution >= 4 is 22.5 Å².